The molecule has 0 aliphatic rings. The van der Waals surface area contributed by atoms with Gasteiger partial charge in [-0.2, -0.15) is 0 Å². The maximum absolute atomic E-state index is 11.1. The van der Waals surface area contributed by atoms with Gasteiger partial charge in [0.25, 0.3) is 0 Å². The summed E-state index contributed by atoms with van der Waals surface area (Å²) < 4.78 is 4.56. The van der Waals surface area contributed by atoms with Gasteiger partial charge in [0.05, 0.1) is 25.4 Å². The van der Waals surface area contributed by atoms with Crippen LogP contribution in [-0.4, -0.2) is 40.6 Å². The molecule has 0 amide bonds. The van der Waals surface area contributed by atoms with Crippen molar-refractivity contribution in [1.82, 2.24) is 0 Å². The van der Waals surface area contributed by atoms with Gasteiger partial charge in [-0.15, -0.1) is 0 Å². The summed E-state index contributed by atoms with van der Waals surface area (Å²) in [5.41, 5.74) is 1.74. The van der Waals surface area contributed by atoms with Crippen molar-refractivity contribution in [3.05, 3.63) is 41.5 Å². The third-order valence-electron chi connectivity index (χ3n) is 5.12. The zero-order chi connectivity index (χ0) is 21.5. The summed E-state index contributed by atoms with van der Waals surface area (Å²) in [6.45, 7) is 2.20. The fourth-order valence-corrected chi connectivity index (χ4v) is 3.22. The second kappa shape index (κ2) is 15.2. The SMILES string of the molecule is CCCCCCCC[C@@H](O)c1cccc(/C=C/[C@@H](O)[C@@H](O)CCCC(=O)OC)c1. The minimum atomic E-state index is -1.01. The lowest BCUT2D eigenvalue weighted by atomic mass is 9.99. The van der Waals surface area contributed by atoms with Crippen molar-refractivity contribution in [3.63, 3.8) is 0 Å². The molecular formula is C24H38O5. The summed E-state index contributed by atoms with van der Waals surface area (Å²) in [6, 6.07) is 7.61. The second-order valence-corrected chi connectivity index (χ2v) is 7.63. The van der Waals surface area contributed by atoms with Gasteiger partial charge in [0.1, 0.15) is 0 Å². The number of carbonyl (C=O) groups excluding carboxylic acids is 1. The van der Waals surface area contributed by atoms with Crippen LogP contribution in [0, 0.1) is 0 Å². The molecule has 0 unspecified atom stereocenters. The molecule has 164 valence electrons. The highest BCUT2D eigenvalue weighted by Gasteiger charge is 2.14. The normalized spacial score (nSPS) is 14.7. The number of ether oxygens (including phenoxy) is 1. The number of hydrogen-bond acceptors (Lipinski definition) is 5. The number of benzene rings is 1. The summed E-state index contributed by atoms with van der Waals surface area (Å²) in [5, 5.41) is 30.5. The van der Waals surface area contributed by atoms with Crippen LogP contribution in [0.4, 0.5) is 0 Å². The zero-order valence-corrected chi connectivity index (χ0v) is 17.9. The van der Waals surface area contributed by atoms with Gasteiger partial charge < -0.3 is 20.1 Å². The molecule has 0 spiro atoms. The number of aliphatic hydroxyl groups is 3. The van der Waals surface area contributed by atoms with Gasteiger partial charge in [-0.25, -0.2) is 0 Å². The summed E-state index contributed by atoms with van der Waals surface area (Å²) in [7, 11) is 1.33. The van der Waals surface area contributed by atoms with Crippen LogP contribution in [0.25, 0.3) is 6.08 Å². The van der Waals surface area contributed by atoms with Gasteiger partial charge in [0.15, 0.2) is 0 Å². The standard InChI is InChI=1S/C24H38O5/c1-3-4-5-6-7-8-13-21(25)20-12-9-11-19(18-20)16-17-23(27)22(26)14-10-15-24(28)29-2/h9,11-12,16-18,21-23,25-27H,3-8,10,13-15H2,1-2H3/b17-16+/t21-,22+,23-/m1/s1. The number of carbonyl (C=O) groups is 1. The Morgan fingerprint density at radius 2 is 1.76 bits per heavy atom. The number of aliphatic hydroxyl groups excluding tert-OH is 3. The van der Waals surface area contributed by atoms with Crippen LogP contribution >= 0.6 is 0 Å². The molecule has 1 aromatic carbocycles. The van der Waals surface area contributed by atoms with Gasteiger partial charge >= 0.3 is 5.97 Å². The number of rotatable bonds is 15. The molecule has 5 heteroatoms. The first-order valence-electron chi connectivity index (χ1n) is 10.9. The average molecular weight is 407 g/mol. The molecule has 1 rings (SSSR count). The van der Waals surface area contributed by atoms with Crippen LogP contribution in [0.1, 0.15) is 88.4 Å². The number of unbranched alkanes of at least 4 members (excludes halogenated alkanes) is 5. The Morgan fingerprint density at radius 3 is 2.48 bits per heavy atom. The van der Waals surface area contributed by atoms with E-state index in [9.17, 15) is 20.1 Å². The Balaban J connectivity index is 2.45. The number of hydrogen-bond donors (Lipinski definition) is 3. The van der Waals surface area contributed by atoms with Gasteiger partial charge in [-0.1, -0.05) is 75.8 Å². The Bertz CT molecular complexity index is 599. The summed E-state index contributed by atoms with van der Waals surface area (Å²) >= 11 is 0. The van der Waals surface area contributed by atoms with Crippen molar-refractivity contribution in [2.45, 2.75) is 89.4 Å². The molecule has 1 aromatic rings. The first kappa shape index (κ1) is 25.3. The van der Waals surface area contributed by atoms with Gasteiger partial charge in [0.2, 0.25) is 0 Å². The van der Waals surface area contributed by atoms with Crippen molar-refractivity contribution < 1.29 is 24.9 Å². The molecule has 0 saturated heterocycles. The summed E-state index contributed by atoms with van der Waals surface area (Å²) in [4.78, 5) is 11.1. The van der Waals surface area contributed by atoms with Gasteiger partial charge in [0, 0.05) is 6.42 Å². The van der Waals surface area contributed by atoms with Gasteiger partial charge in [-0.3, -0.25) is 4.79 Å². The minimum Gasteiger partial charge on any atom is -0.469 e. The second-order valence-electron chi connectivity index (χ2n) is 7.63. The van der Waals surface area contributed by atoms with E-state index >= 15 is 0 Å². The smallest absolute Gasteiger partial charge is 0.305 e. The molecule has 5 nitrogen and oxygen atoms in total. The Hall–Kier alpha value is -1.69. The molecule has 0 radical (unpaired) electrons. The van der Waals surface area contributed by atoms with Crippen molar-refractivity contribution in [2.75, 3.05) is 7.11 Å². The van der Waals surface area contributed by atoms with Crippen molar-refractivity contribution in [2.24, 2.45) is 0 Å². The Kier molecular flexibility index (Phi) is 13.3. The fourth-order valence-electron chi connectivity index (χ4n) is 3.22. The third-order valence-corrected chi connectivity index (χ3v) is 5.12. The maximum Gasteiger partial charge on any atom is 0.305 e. The highest BCUT2D eigenvalue weighted by Crippen LogP contribution is 2.22. The molecule has 0 aliphatic heterocycles. The lowest BCUT2D eigenvalue weighted by Crippen LogP contribution is -2.23. The van der Waals surface area contributed by atoms with Crippen LogP contribution in [-0.2, 0) is 9.53 Å². The summed E-state index contributed by atoms with van der Waals surface area (Å²) in [5.74, 6) is -0.321. The van der Waals surface area contributed by atoms with E-state index in [2.05, 4.69) is 11.7 Å². The average Bonchev–Trinajstić information content (AvgIpc) is 2.74. The van der Waals surface area contributed by atoms with Crippen LogP contribution in [0.15, 0.2) is 30.3 Å². The number of esters is 1. The van der Waals surface area contributed by atoms with E-state index in [1.165, 1.54) is 32.8 Å². The quantitative estimate of drug-likeness (QED) is 0.294. The van der Waals surface area contributed by atoms with Crippen molar-refractivity contribution in [1.29, 1.82) is 0 Å². The lowest BCUT2D eigenvalue weighted by Gasteiger charge is -2.14. The lowest BCUT2D eigenvalue weighted by molar-refractivity contribution is -0.140. The van der Waals surface area contributed by atoms with Crippen molar-refractivity contribution >= 4 is 12.0 Å². The minimum absolute atomic E-state index is 0.225. The van der Waals surface area contributed by atoms with E-state index in [1.807, 2.05) is 24.3 Å². The molecule has 0 aliphatic carbocycles. The molecule has 0 fully saturated rings. The van der Waals surface area contributed by atoms with E-state index in [4.69, 9.17) is 0 Å². The molecule has 3 N–H and O–H groups in total. The highest BCUT2D eigenvalue weighted by molar-refractivity contribution is 5.69. The molecule has 3 atom stereocenters. The fraction of sp³-hybridized carbons (Fsp3) is 0.625. The largest absolute Gasteiger partial charge is 0.469 e. The van der Waals surface area contributed by atoms with Crippen LogP contribution in [0.5, 0.6) is 0 Å². The van der Waals surface area contributed by atoms with E-state index in [0.717, 1.165) is 30.4 Å². The van der Waals surface area contributed by atoms with Gasteiger partial charge in [-0.05, 0) is 36.5 Å². The number of methoxy groups -OCH3 is 1. The predicted molar refractivity (Wildman–Crippen MR) is 116 cm³/mol. The highest BCUT2D eigenvalue weighted by atomic mass is 16.5. The van der Waals surface area contributed by atoms with E-state index < -0.39 is 18.3 Å². The summed E-state index contributed by atoms with van der Waals surface area (Å²) in [6.07, 6.45) is 9.79. The van der Waals surface area contributed by atoms with Crippen molar-refractivity contribution in [3.8, 4) is 0 Å². The Morgan fingerprint density at radius 1 is 1.03 bits per heavy atom. The molecule has 0 aromatic heterocycles. The molecule has 29 heavy (non-hydrogen) atoms. The monoisotopic (exact) mass is 406 g/mol. The van der Waals surface area contributed by atoms with Crippen LogP contribution in [0.2, 0.25) is 0 Å². The topological polar surface area (TPSA) is 87.0 Å². The van der Waals surface area contributed by atoms with Crippen LogP contribution in [0.3, 0.4) is 0 Å². The first-order valence-corrected chi connectivity index (χ1v) is 10.9. The molecule has 0 heterocycles. The van der Waals surface area contributed by atoms with E-state index in [0.29, 0.717) is 12.8 Å². The predicted octanol–water partition coefficient (Wildman–Crippen LogP) is 4.55. The molecule has 0 bridgehead atoms. The van der Waals surface area contributed by atoms with E-state index in [1.54, 1.807) is 12.2 Å². The third kappa shape index (κ3) is 11.2. The Labute approximate surface area is 175 Å². The first-order chi connectivity index (χ1) is 14.0. The molecule has 0 saturated carbocycles. The van der Waals surface area contributed by atoms with E-state index in [-0.39, 0.29) is 12.4 Å². The zero-order valence-electron chi connectivity index (χ0n) is 17.9. The molecular weight excluding hydrogens is 368 g/mol. The van der Waals surface area contributed by atoms with Crippen LogP contribution < -0.4 is 0 Å². The maximum atomic E-state index is 11.1.